The van der Waals surface area contributed by atoms with Gasteiger partial charge in [0.2, 0.25) is 5.91 Å². The molecular formula is C31H29F4N5O2S. The first kappa shape index (κ1) is 30.3. The van der Waals surface area contributed by atoms with Gasteiger partial charge in [-0.15, -0.1) is 10.2 Å². The molecule has 1 aliphatic rings. The van der Waals surface area contributed by atoms with Gasteiger partial charge >= 0.3 is 6.18 Å². The molecule has 4 aromatic rings. The molecule has 0 aliphatic carbocycles. The van der Waals surface area contributed by atoms with Gasteiger partial charge in [0.05, 0.1) is 11.3 Å². The summed E-state index contributed by atoms with van der Waals surface area (Å²) in [5, 5.41) is 8.97. The van der Waals surface area contributed by atoms with Crippen LogP contribution in [0.2, 0.25) is 0 Å². The van der Waals surface area contributed by atoms with E-state index in [1.165, 1.54) is 36.0 Å². The zero-order chi connectivity index (χ0) is 30.6. The van der Waals surface area contributed by atoms with Gasteiger partial charge in [-0.3, -0.25) is 14.2 Å². The van der Waals surface area contributed by atoms with Crippen molar-refractivity contribution in [3.8, 4) is 17.1 Å². The minimum absolute atomic E-state index is 0.0466. The van der Waals surface area contributed by atoms with Crippen molar-refractivity contribution in [2.45, 2.75) is 37.1 Å². The summed E-state index contributed by atoms with van der Waals surface area (Å²) in [6, 6.07) is 19.5. The number of halogens is 4. The number of rotatable bonds is 8. The molecule has 1 aromatic heterocycles. The van der Waals surface area contributed by atoms with E-state index >= 15 is 0 Å². The van der Waals surface area contributed by atoms with Gasteiger partial charge in [0.1, 0.15) is 5.82 Å². The van der Waals surface area contributed by atoms with Crippen molar-refractivity contribution in [1.29, 1.82) is 0 Å². The first-order chi connectivity index (χ1) is 20.6. The van der Waals surface area contributed by atoms with Gasteiger partial charge in [0.15, 0.2) is 11.0 Å². The number of nitrogens with zero attached hydrogens (tertiary/aromatic N) is 5. The lowest BCUT2D eigenvalue weighted by Crippen LogP contribution is -2.55. The SMILES string of the molecule is CC1CN(C(=O)CCCSc2nnc(-c3ccccc3)n2-c2cccc(C(F)(F)F)c2)CCN1C(=O)c1cccc(F)c1. The van der Waals surface area contributed by atoms with Crippen molar-refractivity contribution in [2.75, 3.05) is 25.4 Å². The first-order valence-electron chi connectivity index (χ1n) is 13.8. The quantitative estimate of drug-likeness (QED) is 0.132. The highest BCUT2D eigenvalue weighted by atomic mass is 32.2. The van der Waals surface area contributed by atoms with Crippen molar-refractivity contribution in [3.05, 3.63) is 95.8 Å². The van der Waals surface area contributed by atoms with Gasteiger partial charge in [0, 0.05) is 49.0 Å². The summed E-state index contributed by atoms with van der Waals surface area (Å²) in [6.07, 6.45) is -3.72. The zero-order valence-corrected chi connectivity index (χ0v) is 24.1. The topological polar surface area (TPSA) is 71.3 Å². The maximum absolute atomic E-state index is 13.6. The van der Waals surface area contributed by atoms with Gasteiger partial charge in [-0.1, -0.05) is 54.2 Å². The number of alkyl halides is 3. The van der Waals surface area contributed by atoms with Crippen LogP contribution in [-0.4, -0.2) is 67.8 Å². The van der Waals surface area contributed by atoms with E-state index in [9.17, 15) is 27.2 Å². The Balaban J connectivity index is 1.21. The molecule has 2 heterocycles. The predicted molar refractivity (Wildman–Crippen MR) is 155 cm³/mol. The van der Waals surface area contributed by atoms with Gasteiger partial charge < -0.3 is 9.80 Å². The van der Waals surface area contributed by atoms with Crippen LogP contribution in [0.5, 0.6) is 0 Å². The molecule has 1 saturated heterocycles. The van der Waals surface area contributed by atoms with E-state index in [1.807, 2.05) is 37.3 Å². The Morgan fingerprint density at radius 2 is 1.72 bits per heavy atom. The molecular weight excluding hydrogens is 582 g/mol. The molecule has 1 fully saturated rings. The van der Waals surface area contributed by atoms with Crippen molar-refractivity contribution < 1.29 is 27.2 Å². The fraction of sp³-hybridized carbons (Fsp3) is 0.290. The first-order valence-corrected chi connectivity index (χ1v) is 14.8. The minimum Gasteiger partial charge on any atom is -0.339 e. The highest BCUT2D eigenvalue weighted by Crippen LogP contribution is 2.33. The van der Waals surface area contributed by atoms with Crippen LogP contribution in [0, 0.1) is 5.82 Å². The second-order valence-electron chi connectivity index (χ2n) is 10.2. The molecule has 43 heavy (non-hydrogen) atoms. The third kappa shape index (κ3) is 7.07. The number of benzene rings is 3. The molecule has 0 spiro atoms. The smallest absolute Gasteiger partial charge is 0.339 e. The number of carbonyl (C=O) groups is 2. The van der Waals surface area contributed by atoms with Gasteiger partial charge in [-0.2, -0.15) is 13.2 Å². The molecule has 3 aromatic carbocycles. The largest absolute Gasteiger partial charge is 0.416 e. The van der Waals surface area contributed by atoms with Crippen LogP contribution >= 0.6 is 11.8 Å². The Bertz CT molecular complexity index is 1590. The maximum Gasteiger partial charge on any atom is 0.416 e. The molecule has 1 aliphatic heterocycles. The number of hydrogen-bond donors (Lipinski definition) is 0. The van der Waals surface area contributed by atoms with Crippen molar-refractivity contribution in [1.82, 2.24) is 24.6 Å². The second kappa shape index (κ2) is 13.0. The van der Waals surface area contributed by atoms with E-state index < -0.39 is 17.6 Å². The number of carbonyl (C=O) groups excluding carboxylic acids is 2. The van der Waals surface area contributed by atoms with Crippen molar-refractivity contribution in [2.24, 2.45) is 0 Å². The average molecular weight is 612 g/mol. The van der Waals surface area contributed by atoms with E-state index in [0.29, 0.717) is 48.4 Å². The van der Waals surface area contributed by atoms with Crippen LogP contribution in [0.15, 0.2) is 84.0 Å². The van der Waals surface area contributed by atoms with E-state index in [-0.39, 0.29) is 35.5 Å². The average Bonchev–Trinajstić information content (AvgIpc) is 3.43. The molecule has 0 bridgehead atoms. The summed E-state index contributed by atoms with van der Waals surface area (Å²) in [5.74, 6) is 0.114. The lowest BCUT2D eigenvalue weighted by Gasteiger charge is -2.40. The van der Waals surface area contributed by atoms with E-state index in [2.05, 4.69) is 10.2 Å². The third-order valence-electron chi connectivity index (χ3n) is 7.18. The normalized spacial score (nSPS) is 15.5. The number of piperazine rings is 1. The van der Waals surface area contributed by atoms with E-state index in [1.54, 1.807) is 26.5 Å². The fourth-order valence-corrected chi connectivity index (χ4v) is 5.90. The Morgan fingerprint density at radius 3 is 2.44 bits per heavy atom. The van der Waals surface area contributed by atoms with Crippen LogP contribution in [0.3, 0.4) is 0 Å². The lowest BCUT2D eigenvalue weighted by atomic mass is 10.1. The molecule has 7 nitrogen and oxygen atoms in total. The zero-order valence-electron chi connectivity index (χ0n) is 23.3. The standard InChI is InChI=1S/C31H29F4N5O2S/c1-21-20-38(15-16-39(21)29(42)23-10-5-12-25(32)18-23)27(41)14-7-17-43-30-37-36-28(22-8-3-2-4-9-22)40(30)26-13-6-11-24(19-26)31(33,34)35/h2-6,8-13,18-19,21H,7,14-17,20H2,1H3. The fourth-order valence-electron chi connectivity index (χ4n) is 5.01. The monoisotopic (exact) mass is 611 g/mol. The molecule has 5 rings (SSSR count). The second-order valence-corrected chi connectivity index (χ2v) is 11.3. The molecule has 12 heteroatoms. The molecule has 0 N–H and O–H groups in total. The molecule has 0 radical (unpaired) electrons. The minimum atomic E-state index is -4.50. The van der Waals surface area contributed by atoms with Gasteiger partial charge in [0.25, 0.3) is 5.91 Å². The van der Waals surface area contributed by atoms with Crippen molar-refractivity contribution >= 4 is 23.6 Å². The molecule has 1 atom stereocenters. The highest BCUT2D eigenvalue weighted by molar-refractivity contribution is 7.99. The van der Waals surface area contributed by atoms with Crippen molar-refractivity contribution in [3.63, 3.8) is 0 Å². The Morgan fingerprint density at radius 1 is 0.953 bits per heavy atom. The highest BCUT2D eigenvalue weighted by Gasteiger charge is 2.32. The van der Waals surface area contributed by atoms with Crippen LogP contribution < -0.4 is 0 Å². The molecule has 1 unspecified atom stereocenters. The predicted octanol–water partition coefficient (Wildman–Crippen LogP) is 6.34. The van der Waals surface area contributed by atoms with E-state index in [0.717, 1.165) is 12.1 Å². The lowest BCUT2D eigenvalue weighted by molar-refractivity contribution is -0.137. The molecule has 2 amide bonds. The number of amides is 2. The maximum atomic E-state index is 13.6. The Labute approximate surface area is 250 Å². The van der Waals surface area contributed by atoms with Crippen LogP contribution in [0.4, 0.5) is 17.6 Å². The number of aromatic nitrogens is 3. The van der Waals surface area contributed by atoms with E-state index in [4.69, 9.17) is 0 Å². The summed E-state index contributed by atoms with van der Waals surface area (Å²) in [7, 11) is 0. The third-order valence-corrected chi connectivity index (χ3v) is 8.19. The number of thioether (sulfide) groups is 1. The van der Waals surface area contributed by atoms with Crippen LogP contribution in [0.25, 0.3) is 17.1 Å². The molecule has 224 valence electrons. The van der Waals surface area contributed by atoms with Gasteiger partial charge in [-0.05, 0) is 49.7 Å². The summed E-state index contributed by atoms with van der Waals surface area (Å²) >= 11 is 1.32. The Hall–Kier alpha value is -4.19. The van der Waals surface area contributed by atoms with Crippen LogP contribution in [0.1, 0.15) is 35.7 Å². The van der Waals surface area contributed by atoms with Crippen LogP contribution in [-0.2, 0) is 11.0 Å². The summed E-state index contributed by atoms with van der Waals surface area (Å²) in [5.41, 5.74) is 0.499. The molecule has 0 saturated carbocycles. The summed E-state index contributed by atoms with van der Waals surface area (Å²) < 4.78 is 55.6. The number of hydrogen-bond acceptors (Lipinski definition) is 5. The summed E-state index contributed by atoms with van der Waals surface area (Å²) in [4.78, 5) is 29.2. The summed E-state index contributed by atoms with van der Waals surface area (Å²) in [6.45, 7) is 2.95. The Kier molecular flexibility index (Phi) is 9.14. The van der Waals surface area contributed by atoms with Gasteiger partial charge in [-0.25, -0.2) is 4.39 Å².